The first kappa shape index (κ1) is 16.8. The fraction of sp³-hybridized carbons (Fsp3) is 0.733. The van der Waals surface area contributed by atoms with Crippen LogP contribution in [0, 0.1) is 11.8 Å². The topological polar surface area (TPSA) is 42.3 Å². The summed E-state index contributed by atoms with van der Waals surface area (Å²) in [4.78, 5) is 0.369. The maximum Gasteiger partial charge on any atom is 0.244 e. The summed E-state index contributed by atoms with van der Waals surface area (Å²) in [7, 11) is -3.41. The number of sulfonamides is 1. The fourth-order valence-electron chi connectivity index (χ4n) is 2.82. The Morgan fingerprint density at radius 3 is 2.48 bits per heavy atom. The van der Waals surface area contributed by atoms with Crippen molar-refractivity contribution >= 4 is 21.6 Å². The summed E-state index contributed by atoms with van der Waals surface area (Å²) >= 11 is 5.94. The van der Waals surface area contributed by atoms with Gasteiger partial charge in [-0.3, -0.25) is 0 Å². The minimum atomic E-state index is -3.41. The summed E-state index contributed by atoms with van der Waals surface area (Å²) in [5, 5.41) is 0. The van der Waals surface area contributed by atoms with Crippen LogP contribution in [-0.4, -0.2) is 30.4 Å². The highest BCUT2D eigenvalue weighted by molar-refractivity contribution is 7.89. The molecule has 2 heterocycles. The SMILES string of the molecule is CC1CCN(S(=O)(=O)c2cc(CCl)n(C(C)C)c2)CC1C. The van der Waals surface area contributed by atoms with Gasteiger partial charge >= 0.3 is 0 Å². The van der Waals surface area contributed by atoms with Gasteiger partial charge in [-0.05, 0) is 38.2 Å². The van der Waals surface area contributed by atoms with E-state index in [0.29, 0.717) is 35.7 Å². The van der Waals surface area contributed by atoms with Crippen molar-refractivity contribution in [2.75, 3.05) is 13.1 Å². The lowest BCUT2D eigenvalue weighted by atomic mass is 9.90. The average molecular weight is 333 g/mol. The molecule has 2 unspecified atom stereocenters. The van der Waals surface area contributed by atoms with Crippen molar-refractivity contribution in [3.05, 3.63) is 18.0 Å². The van der Waals surface area contributed by atoms with E-state index >= 15 is 0 Å². The Hall–Kier alpha value is -0.520. The Kier molecular flexibility index (Phi) is 5.06. The highest BCUT2D eigenvalue weighted by Crippen LogP contribution is 2.29. The zero-order valence-electron chi connectivity index (χ0n) is 13.2. The van der Waals surface area contributed by atoms with Crippen molar-refractivity contribution in [3.8, 4) is 0 Å². The van der Waals surface area contributed by atoms with E-state index in [1.54, 1.807) is 16.6 Å². The zero-order valence-corrected chi connectivity index (χ0v) is 14.8. The molecule has 6 heteroatoms. The van der Waals surface area contributed by atoms with Crippen LogP contribution in [-0.2, 0) is 15.9 Å². The number of hydrogen-bond donors (Lipinski definition) is 0. The molecule has 1 aromatic rings. The third kappa shape index (κ3) is 3.30. The lowest BCUT2D eigenvalue weighted by Gasteiger charge is -2.34. The van der Waals surface area contributed by atoms with Gasteiger partial charge in [-0.1, -0.05) is 13.8 Å². The van der Waals surface area contributed by atoms with Crippen LogP contribution in [0.2, 0.25) is 0 Å². The van der Waals surface area contributed by atoms with Gasteiger partial charge < -0.3 is 4.57 Å². The summed E-state index contributed by atoms with van der Waals surface area (Å²) < 4.78 is 29.2. The van der Waals surface area contributed by atoms with Gasteiger partial charge in [-0.25, -0.2) is 8.42 Å². The molecular formula is C15H25ClN2O2S. The van der Waals surface area contributed by atoms with Crippen molar-refractivity contribution in [1.82, 2.24) is 8.87 Å². The van der Waals surface area contributed by atoms with Gasteiger partial charge in [-0.15, -0.1) is 11.6 Å². The lowest BCUT2D eigenvalue weighted by Crippen LogP contribution is -2.42. The van der Waals surface area contributed by atoms with Crippen molar-refractivity contribution < 1.29 is 8.42 Å². The lowest BCUT2D eigenvalue weighted by molar-refractivity contribution is 0.212. The van der Waals surface area contributed by atoms with Crippen LogP contribution in [0.25, 0.3) is 0 Å². The summed E-state index contributed by atoms with van der Waals surface area (Å²) in [6.07, 6.45) is 2.65. The smallest absolute Gasteiger partial charge is 0.244 e. The molecule has 0 spiro atoms. The Balaban J connectivity index is 2.32. The average Bonchev–Trinajstić information content (AvgIpc) is 2.86. The number of nitrogens with zero attached hydrogens (tertiary/aromatic N) is 2. The van der Waals surface area contributed by atoms with Gasteiger partial charge in [0.25, 0.3) is 0 Å². The molecule has 1 saturated heterocycles. The minimum absolute atomic E-state index is 0.197. The molecule has 0 saturated carbocycles. The van der Waals surface area contributed by atoms with Gasteiger partial charge in [0.15, 0.2) is 0 Å². The summed E-state index contributed by atoms with van der Waals surface area (Å²) in [6, 6.07) is 1.91. The molecule has 2 rings (SSSR count). The Morgan fingerprint density at radius 1 is 1.33 bits per heavy atom. The second kappa shape index (κ2) is 6.31. The molecule has 120 valence electrons. The molecular weight excluding hydrogens is 308 g/mol. The van der Waals surface area contributed by atoms with Gasteiger partial charge in [-0.2, -0.15) is 4.31 Å². The van der Waals surface area contributed by atoms with Crippen LogP contribution < -0.4 is 0 Å². The number of alkyl halides is 1. The summed E-state index contributed by atoms with van der Waals surface area (Å²) in [6.45, 7) is 9.57. The van der Waals surface area contributed by atoms with Crippen LogP contribution in [0.4, 0.5) is 0 Å². The van der Waals surface area contributed by atoms with Crippen LogP contribution in [0.15, 0.2) is 17.2 Å². The summed E-state index contributed by atoms with van der Waals surface area (Å²) in [5.74, 6) is 1.30. The Bertz CT molecular complexity index is 595. The van der Waals surface area contributed by atoms with Gasteiger partial charge in [0, 0.05) is 31.0 Å². The largest absolute Gasteiger partial charge is 0.346 e. The number of halogens is 1. The minimum Gasteiger partial charge on any atom is -0.346 e. The van der Waals surface area contributed by atoms with Gasteiger partial charge in [0.05, 0.1) is 5.88 Å². The van der Waals surface area contributed by atoms with Crippen LogP contribution in [0.5, 0.6) is 0 Å². The standard InChI is InChI=1S/C15H25ClN2O2S/c1-11(2)18-10-15(7-14(18)8-16)21(19,20)17-6-5-12(3)13(4)9-17/h7,10-13H,5-6,8-9H2,1-4H3. The highest BCUT2D eigenvalue weighted by Gasteiger charge is 2.32. The molecule has 0 radical (unpaired) electrons. The molecule has 21 heavy (non-hydrogen) atoms. The predicted octanol–water partition coefficient (Wildman–Crippen LogP) is 3.47. The highest BCUT2D eigenvalue weighted by atomic mass is 35.5. The Labute approximate surface area is 133 Å². The number of piperidine rings is 1. The number of aromatic nitrogens is 1. The first-order chi connectivity index (χ1) is 9.77. The third-order valence-corrected chi connectivity index (χ3v) is 6.64. The molecule has 2 atom stereocenters. The third-order valence-electron chi connectivity index (χ3n) is 4.53. The monoisotopic (exact) mass is 332 g/mol. The number of rotatable bonds is 4. The normalized spacial score (nSPS) is 24.7. The molecule has 0 bridgehead atoms. The zero-order chi connectivity index (χ0) is 15.8. The fourth-order valence-corrected chi connectivity index (χ4v) is 4.64. The van der Waals surface area contributed by atoms with Crippen molar-refractivity contribution in [2.45, 2.75) is 50.9 Å². The van der Waals surface area contributed by atoms with Crippen LogP contribution >= 0.6 is 11.6 Å². The van der Waals surface area contributed by atoms with Crippen molar-refractivity contribution in [1.29, 1.82) is 0 Å². The van der Waals surface area contributed by atoms with E-state index in [1.165, 1.54) is 0 Å². The van der Waals surface area contributed by atoms with Crippen LogP contribution in [0.1, 0.15) is 45.9 Å². The van der Waals surface area contributed by atoms with Gasteiger partial charge in [0.2, 0.25) is 10.0 Å². The van der Waals surface area contributed by atoms with Gasteiger partial charge in [0.1, 0.15) is 4.90 Å². The van der Waals surface area contributed by atoms with E-state index < -0.39 is 10.0 Å². The van der Waals surface area contributed by atoms with Crippen molar-refractivity contribution in [3.63, 3.8) is 0 Å². The van der Waals surface area contributed by atoms with E-state index in [4.69, 9.17) is 11.6 Å². The van der Waals surface area contributed by atoms with E-state index in [1.807, 2.05) is 18.4 Å². The van der Waals surface area contributed by atoms with Crippen molar-refractivity contribution in [2.24, 2.45) is 11.8 Å². The van der Waals surface area contributed by atoms with E-state index in [9.17, 15) is 8.42 Å². The molecule has 1 aliphatic heterocycles. The number of hydrogen-bond acceptors (Lipinski definition) is 2. The van der Waals surface area contributed by atoms with Crippen LogP contribution in [0.3, 0.4) is 0 Å². The quantitative estimate of drug-likeness (QED) is 0.792. The summed E-state index contributed by atoms with van der Waals surface area (Å²) in [5.41, 5.74) is 0.851. The molecule has 0 aromatic carbocycles. The first-order valence-corrected chi connectivity index (χ1v) is 9.51. The van der Waals surface area contributed by atoms with E-state index in [2.05, 4.69) is 13.8 Å². The second-order valence-corrected chi connectivity index (χ2v) is 8.61. The van der Waals surface area contributed by atoms with E-state index in [-0.39, 0.29) is 6.04 Å². The molecule has 1 aliphatic rings. The maximum atomic E-state index is 12.8. The molecule has 0 amide bonds. The predicted molar refractivity (Wildman–Crippen MR) is 86.1 cm³/mol. The molecule has 0 aliphatic carbocycles. The molecule has 0 N–H and O–H groups in total. The molecule has 4 nitrogen and oxygen atoms in total. The first-order valence-electron chi connectivity index (χ1n) is 7.54. The molecule has 1 fully saturated rings. The maximum absolute atomic E-state index is 12.8. The van der Waals surface area contributed by atoms with E-state index in [0.717, 1.165) is 12.1 Å². The molecule has 1 aromatic heterocycles. The second-order valence-electron chi connectivity index (χ2n) is 6.41. The Morgan fingerprint density at radius 2 is 2.00 bits per heavy atom.